The maximum absolute atomic E-state index is 6.56. The molecule has 1 aliphatic rings. The summed E-state index contributed by atoms with van der Waals surface area (Å²) in [5, 5.41) is 5.11. The fourth-order valence-electron chi connectivity index (χ4n) is 3.64. The van der Waals surface area contributed by atoms with Crippen LogP contribution in [0, 0.1) is 17.3 Å². The normalized spacial score (nSPS) is 25.3. The quantitative estimate of drug-likeness (QED) is 0.856. The zero-order valence-electron chi connectivity index (χ0n) is 14.1. The van der Waals surface area contributed by atoms with Gasteiger partial charge < -0.3 is 5.73 Å². The zero-order valence-corrected chi connectivity index (χ0v) is 14.8. The molecular formula is C17H30ClN3. The summed E-state index contributed by atoms with van der Waals surface area (Å²) in [6, 6.07) is 0.299. The van der Waals surface area contributed by atoms with Crippen molar-refractivity contribution in [2.75, 3.05) is 0 Å². The van der Waals surface area contributed by atoms with Crippen molar-refractivity contribution in [1.29, 1.82) is 0 Å². The molecule has 1 aromatic heterocycles. The van der Waals surface area contributed by atoms with Crippen molar-refractivity contribution in [3.05, 3.63) is 16.9 Å². The molecule has 120 valence electrons. The van der Waals surface area contributed by atoms with E-state index in [0.29, 0.717) is 22.4 Å². The van der Waals surface area contributed by atoms with Gasteiger partial charge in [0.05, 0.1) is 23.0 Å². The van der Waals surface area contributed by atoms with E-state index in [1.165, 1.54) is 25.7 Å². The van der Waals surface area contributed by atoms with Crippen molar-refractivity contribution in [2.24, 2.45) is 23.0 Å². The molecule has 1 aliphatic carbocycles. The summed E-state index contributed by atoms with van der Waals surface area (Å²) in [6.07, 6.45) is 6.67. The molecule has 0 spiro atoms. The highest BCUT2D eigenvalue weighted by atomic mass is 35.5. The van der Waals surface area contributed by atoms with Gasteiger partial charge in [-0.1, -0.05) is 32.4 Å². The molecule has 1 fully saturated rings. The molecule has 2 rings (SSSR count). The number of rotatable bonds is 3. The Morgan fingerprint density at radius 2 is 1.81 bits per heavy atom. The molecule has 0 aliphatic heterocycles. The molecule has 0 saturated heterocycles. The number of hydrogen-bond donors (Lipinski definition) is 1. The molecule has 0 aromatic carbocycles. The van der Waals surface area contributed by atoms with Gasteiger partial charge in [-0.15, -0.1) is 0 Å². The number of nitrogens with two attached hydrogens (primary N) is 1. The maximum atomic E-state index is 6.56. The second-order valence-corrected chi connectivity index (χ2v) is 8.33. The van der Waals surface area contributed by atoms with E-state index in [4.69, 9.17) is 17.3 Å². The van der Waals surface area contributed by atoms with Crippen molar-refractivity contribution in [3.8, 4) is 0 Å². The van der Waals surface area contributed by atoms with Gasteiger partial charge >= 0.3 is 0 Å². The molecule has 1 saturated carbocycles. The second kappa shape index (κ2) is 6.29. The predicted molar refractivity (Wildman–Crippen MR) is 89.5 cm³/mol. The van der Waals surface area contributed by atoms with Crippen LogP contribution in [0.25, 0.3) is 0 Å². The van der Waals surface area contributed by atoms with E-state index in [-0.39, 0.29) is 6.04 Å². The highest BCUT2D eigenvalue weighted by molar-refractivity contribution is 6.31. The van der Waals surface area contributed by atoms with E-state index < -0.39 is 0 Å². The first-order chi connectivity index (χ1) is 9.71. The van der Waals surface area contributed by atoms with Gasteiger partial charge in [0.15, 0.2) is 0 Å². The Bertz CT molecular complexity index is 465. The Morgan fingerprint density at radius 1 is 1.24 bits per heavy atom. The monoisotopic (exact) mass is 311 g/mol. The standard InChI is InChI=1S/C17H30ClN3/c1-11(2)21-16(14(18)10-20-21)15(19)12-6-8-13(9-7-12)17(3,4)5/h10-13,15H,6-9,19H2,1-5H3. The minimum atomic E-state index is 0.00307. The van der Waals surface area contributed by atoms with Crippen LogP contribution in [0.1, 0.15) is 78.1 Å². The Morgan fingerprint density at radius 3 is 2.29 bits per heavy atom. The Hall–Kier alpha value is -0.540. The van der Waals surface area contributed by atoms with Gasteiger partial charge in [-0.05, 0) is 56.8 Å². The third kappa shape index (κ3) is 3.62. The molecule has 2 N–H and O–H groups in total. The summed E-state index contributed by atoms with van der Waals surface area (Å²) in [5.41, 5.74) is 7.99. The SMILES string of the molecule is CC(C)n1ncc(Cl)c1C(N)C1CCC(C(C)(C)C)CC1. The van der Waals surface area contributed by atoms with Crippen LogP contribution in [0.3, 0.4) is 0 Å². The summed E-state index contributed by atoms with van der Waals surface area (Å²) in [6.45, 7) is 11.3. The molecule has 4 heteroatoms. The summed E-state index contributed by atoms with van der Waals surface area (Å²) in [5.74, 6) is 1.33. The van der Waals surface area contributed by atoms with Crippen LogP contribution in [-0.4, -0.2) is 9.78 Å². The molecule has 1 unspecified atom stereocenters. The van der Waals surface area contributed by atoms with Crippen molar-refractivity contribution in [2.45, 2.75) is 72.4 Å². The summed E-state index contributed by atoms with van der Waals surface area (Å²) < 4.78 is 1.99. The smallest absolute Gasteiger partial charge is 0.0834 e. The van der Waals surface area contributed by atoms with Gasteiger partial charge in [0, 0.05) is 6.04 Å². The molecule has 1 heterocycles. The average Bonchev–Trinajstić information content (AvgIpc) is 2.79. The van der Waals surface area contributed by atoms with E-state index in [0.717, 1.165) is 11.6 Å². The first kappa shape index (κ1) is 16.8. The topological polar surface area (TPSA) is 43.8 Å². The van der Waals surface area contributed by atoms with Crippen LogP contribution in [-0.2, 0) is 0 Å². The van der Waals surface area contributed by atoms with Gasteiger partial charge in [0.1, 0.15) is 0 Å². The van der Waals surface area contributed by atoms with E-state index in [2.05, 4.69) is 39.7 Å². The molecule has 1 aromatic rings. The molecule has 0 bridgehead atoms. The fraction of sp³-hybridized carbons (Fsp3) is 0.824. The van der Waals surface area contributed by atoms with Crippen LogP contribution in [0.2, 0.25) is 5.02 Å². The van der Waals surface area contributed by atoms with Crippen molar-refractivity contribution < 1.29 is 0 Å². The van der Waals surface area contributed by atoms with E-state index >= 15 is 0 Å². The van der Waals surface area contributed by atoms with Gasteiger partial charge in [-0.3, -0.25) is 4.68 Å². The predicted octanol–water partition coefficient (Wildman–Crippen LogP) is 4.97. The van der Waals surface area contributed by atoms with Crippen LogP contribution in [0.15, 0.2) is 6.20 Å². The highest BCUT2D eigenvalue weighted by Crippen LogP contribution is 2.43. The van der Waals surface area contributed by atoms with Crippen LogP contribution < -0.4 is 5.73 Å². The van der Waals surface area contributed by atoms with Crippen LogP contribution >= 0.6 is 11.6 Å². The molecule has 21 heavy (non-hydrogen) atoms. The summed E-state index contributed by atoms with van der Waals surface area (Å²) >= 11 is 6.34. The second-order valence-electron chi connectivity index (χ2n) is 7.92. The number of nitrogens with zero attached hydrogens (tertiary/aromatic N) is 2. The van der Waals surface area contributed by atoms with Crippen molar-refractivity contribution in [1.82, 2.24) is 9.78 Å². The fourth-order valence-corrected chi connectivity index (χ4v) is 3.90. The molecule has 0 amide bonds. The number of hydrogen-bond acceptors (Lipinski definition) is 2. The Kier molecular flexibility index (Phi) is 5.04. The third-order valence-electron chi connectivity index (χ3n) is 5.10. The lowest BCUT2D eigenvalue weighted by Crippen LogP contribution is -2.32. The van der Waals surface area contributed by atoms with Gasteiger partial charge in [-0.25, -0.2) is 0 Å². The first-order valence-electron chi connectivity index (χ1n) is 8.20. The minimum absolute atomic E-state index is 0.00307. The van der Waals surface area contributed by atoms with Gasteiger partial charge in [0.25, 0.3) is 0 Å². The Labute approximate surface area is 134 Å². The van der Waals surface area contributed by atoms with Gasteiger partial charge in [-0.2, -0.15) is 5.10 Å². The van der Waals surface area contributed by atoms with Crippen molar-refractivity contribution in [3.63, 3.8) is 0 Å². The van der Waals surface area contributed by atoms with E-state index in [1.807, 2.05) is 4.68 Å². The van der Waals surface area contributed by atoms with Gasteiger partial charge in [0.2, 0.25) is 0 Å². The van der Waals surface area contributed by atoms with Crippen LogP contribution in [0.5, 0.6) is 0 Å². The number of halogens is 1. The largest absolute Gasteiger partial charge is 0.322 e. The summed E-state index contributed by atoms with van der Waals surface area (Å²) in [4.78, 5) is 0. The minimum Gasteiger partial charge on any atom is -0.322 e. The highest BCUT2D eigenvalue weighted by Gasteiger charge is 2.34. The zero-order chi connectivity index (χ0) is 15.8. The lowest BCUT2D eigenvalue weighted by atomic mass is 9.68. The lowest BCUT2D eigenvalue weighted by molar-refractivity contribution is 0.138. The lowest BCUT2D eigenvalue weighted by Gasteiger charge is -2.38. The summed E-state index contributed by atoms with van der Waals surface area (Å²) in [7, 11) is 0. The van der Waals surface area contributed by atoms with E-state index in [1.54, 1.807) is 6.20 Å². The van der Waals surface area contributed by atoms with Crippen LogP contribution in [0.4, 0.5) is 0 Å². The van der Waals surface area contributed by atoms with Crippen molar-refractivity contribution >= 4 is 11.6 Å². The molecule has 1 atom stereocenters. The molecule has 0 radical (unpaired) electrons. The maximum Gasteiger partial charge on any atom is 0.0834 e. The number of aromatic nitrogens is 2. The molecular weight excluding hydrogens is 282 g/mol. The average molecular weight is 312 g/mol. The van der Waals surface area contributed by atoms with E-state index in [9.17, 15) is 0 Å². The third-order valence-corrected chi connectivity index (χ3v) is 5.39. The molecule has 3 nitrogen and oxygen atoms in total. The Balaban J connectivity index is 2.09. The first-order valence-corrected chi connectivity index (χ1v) is 8.58.